The van der Waals surface area contributed by atoms with Crippen LogP contribution in [0.2, 0.25) is 0 Å². The Morgan fingerprint density at radius 2 is 1.79 bits per heavy atom. The average molecular weight is 513 g/mol. The van der Waals surface area contributed by atoms with Crippen LogP contribution in [0.1, 0.15) is 41.7 Å². The molecule has 0 saturated carbocycles. The van der Waals surface area contributed by atoms with Crippen molar-refractivity contribution in [3.8, 4) is 22.4 Å². The second-order valence-electron chi connectivity index (χ2n) is 9.88. The summed E-state index contributed by atoms with van der Waals surface area (Å²) in [6.07, 6.45) is 4.59. The standard InChI is InChI=1S/C28H28N6O4/c1-16(36)25-26(19-9-20-14-38-15-21(10-19)33(20)24(37)13-35)32-28-22(12-31-34(28)27(25)29)18-7-8-23(30-11-18)17-5-3-2-4-6-17/h2-8,11-12,19-21,35H,9-10,13-15,29H2,1H3. The zero-order valence-electron chi connectivity index (χ0n) is 20.9. The maximum Gasteiger partial charge on any atom is 0.248 e. The van der Waals surface area contributed by atoms with Gasteiger partial charge in [0.2, 0.25) is 5.91 Å². The molecule has 3 aromatic heterocycles. The van der Waals surface area contributed by atoms with Crippen molar-refractivity contribution in [2.75, 3.05) is 25.6 Å². The first-order chi connectivity index (χ1) is 18.5. The third kappa shape index (κ3) is 4.02. The van der Waals surface area contributed by atoms with Crippen LogP contribution in [0.5, 0.6) is 0 Å². The SMILES string of the molecule is CC(=O)c1c(C2CC3COCC(C2)N3C(=O)CO)nc2c(-c3ccc(-c4ccccc4)nc3)cnn2c1N. The van der Waals surface area contributed by atoms with E-state index < -0.39 is 6.61 Å². The van der Waals surface area contributed by atoms with Gasteiger partial charge in [0.15, 0.2) is 11.4 Å². The van der Waals surface area contributed by atoms with Crippen LogP contribution in [-0.2, 0) is 9.53 Å². The summed E-state index contributed by atoms with van der Waals surface area (Å²) in [7, 11) is 0. The highest BCUT2D eigenvalue weighted by atomic mass is 16.5. The first-order valence-corrected chi connectivity index (χ1v) is 12.7. The maximum absolute atomic E-state index is 12.8. The number of pyridine rings is 1. The number of nitrogen functional groups attached to an aromatic ring is 1. The number of fused-ring (bicyclic) bond motifs is 3. The van der Waals surface area contributed by atoms with Gasteiger partial charge in [-0.2, -0.15) is 9.61 Å². The molecule has 10 heteroatoms. The molecular weight excluding hydrogens is 484 g/mol. The molecule has 10 nitrogen and oxygen atoms in total. The first kappa shape index (κ1) is 24.2. The van der Waals surface area contributed by atoms with Gasteiger partial charge in [0.1, 0.15) is 12.4 Å². The number of anilines is 1. The van der Waals surface area contributed by atoms with Gasteiger partial charge in [0, 0.05) is 28.8 Å². The fraction of sp³-hybridized carbons (Fsp3) is 0.321. The van der Waals surface area contributed by atoms with Gasteiger partial charge < -0.3 is 20.5 Å². The van der Waals surface area contributed by atoms with Crippen molar-refractivity contribution >= 4 is 23.2 Å². The number of nitrogens with zero attached hydrogens (tertiary/aromatic N) is 5. The number of ether oxygens (including phenoxy) is 1. The summed E-state index contributed by atoms with van der Waals surface area (Å²) in [5.74, 6) is -0.355. The lowest BCUT2D eigenvalue weighted by Crippen LogP contribution is -2.59. The second-order valence-corrected chi connectivity index (χ2v) is 9.88. The molecule has 0 spiro atoms. The molecule has 2 aliphatic rings. The Morgan fingerprint density at radius 3 is 2.42 bits per heavy atom. The number of hydrogen-bond donors (Lipinski definition) is 2. The number of carbonyl (C=O) groups excluding carboxylic acids is 2. The number of carbonyl (C=O) groups is 2. The number of Topliss-reactive ketones (excluding diaryl/α,β-unsaturated/α-hetero) is 1. The summed E-state index contributed by atoms with van der Waals surface area (Å²) in [5.41, 5.74) is 11.5. The Morgan fingerprint density at radius 1 is 1.05 bits per heavy atom. The molecule has 2 unspecified atom stereocenters. The predicted molar refractivity (Wildman–Crippen MR) is 140 cm³/mol. The van der Waals surface area contributed by atoms with Crippen molar-refractivity contribution in [3.63, 3.8) is 0 Å². The summed E-state index contributed by atoms with van der Waals surface area (Å²) < 4.78 is 7.22. The Kier molecular flexibility index (Phi) is 6.13. The van der Waals surface area contributed by atoms with Crippen LogP contribution in [0.3, 0.4) is 0 Å². The van der Waals surface area contributed by atoms with Crippen LogP contribution in [0.15, 0.2) is 54.9 Å². The molecule has 1 amide bonds. The fourth-order valence-corrected chi connectivity index (χ4v) is 5.85. The van der Waals surface area contributed by atoms with E-state index in [-0.39, 0.29) is 35.5 Å². The maximum atomic E-state index is 12.8. The van der Waals surface area contributed by atoms with Crippen LogP contribution < -0.4 is 5.73 Å². The van der Waals surface area contributed by atoms with E-state index in [9.17, 15) is 14.7 Å². The summed E-state index contributed by atoms with van der Waals surface area (Å²) >= 11 is 0. The van der Waals surface area contributed by atoms with Crippen LogP contribution in [-0.4, -0.2) is 73.2 Å². The van der Waals surface area contributed by atoms with Gasteiger partial charge in [0.05, 0.1) is 48.4 Å². The van der Waals surface area contributed by atoms with Crippen LogP contribution in [0, 0.1) is 0 Å². The van der Waals surface area contributed by atoms with Gasteiger partial charge in [0.25, 0.3) is 0 Å². The average Bonchev–Trinajstić information content (AvgIpc) is 3.36. The molecule has 194 valence electrons. The predicted octanol–water partition coefficient (Wildman–Crippen LogP) is 2.71. The van der Waals surface area contributed by atoms with Crippen molar-refractivity contribution in [3.05, 3.63) is 66.1 Å². The molecule has 2 aliphatic heterocycles. The third-order valence-corrected chi connectivity index (χ3v) is 7.54. The fourth-order valence-electron chi connectivity index (χ4n) is 5.85. The number of amides is 1. The highest BCUT2D eigenvalue weighted by Crippen LogP contribution is 2.40. The number of hydrogen-bond acceptors (Lipinski definition) is 8. The largest absolute Gasteiger partial charge is 0.387 e. The van der Waals surface area contributed by atoms with Gasteiger partial charge in [-0.15, -0.1) is 0 Å². The van der Waals surface area contributed by atoms with E-state index >= 15 is 0 Å². The van der Waals surface area contributed by atoms with E-state index in [1.807, 2.05) is 42.5 Å². The van der Waals surface area contributed by atoms with Gasteiger partial charge in [-0.3, -0.25) is 14.6 Å². The normalized spacial score (nSPS) is 21.0. The van der Waals surface area contributed by atoms with Gasteiger partial charge in [-0.25, -0.2) is 4.98 Å². The van der Waals surface area contributed by atoms with Gasteiger partial charge >= 0.3 is 0 Å². The molecule has 6 rings (SSSR count). The van der Waals surface area contributed by atoms with E-state index in [4.69, 9.17) is 15.5 Å². The highest BCUT2D eigenvalue weighted by Gasteiger charge is 2.43. The molecule has 3 N–H and O–H groups in total. The zero-order valence-corrected chi connectivity index (χ0v) is 20.9. The zero-order chi connectivity index (χ0) is 26.4. The molecule has 1 aromatic carbocycles. The van der Waals surface area contributed by atoms with E-state index in [1.165, 1.54) is 11.4 Å². The number of piperidine rings is 1. The lowest BCUT2D eigenvalue weighted by atomic mass is 9.81. The van der Waals surface area contributed by atoms with Crippen LogP contribution in [0.25, 0.3) is 28.0 Å². The topological polar surface area (TPSA) is 136 Å². The summed E-state index contributed by atoms with van der Waals surface area (Å²) in [6, 6.07) is 13.5. The molecule has 2 atom stereocenters. The molecule has 2 bridgehead atoms. The van der Waals surface area contributed by atoms with E-state index in [1.54, 1.807) is 17.3 Å². The minimum atomic E-state index is -0.538. The number of benzene rings is 1. The summed E-state index contributed by atoms with van der Waals surface area (Å²) in [6.45, 7) is 1.70. The van der Waals surface area contributed by atoms with Crippen LogP contribution >= 0.6 is 0 Å². The number of ketones is 1. The molecule has 0 radical (unpaired) electrons. The number of morpholine rings is 1. The Hall–Kier alpha value is -4.15. The van der Waals surface area contributed by atoms with E-state index in [0.29, 0.717) is 43.0 Å². The Balaban J connectivity index is 1.41. The minimum absolute atomic E-state index is 0.107. The highest BCUT2D eigenvalue weighted by molar-refractivity contribution is 6.00. The van der Waals surface area contributed by atoms with Crippen molar-refractivity contribution in [1.82, 2.24) is 24.5 Å². The van der Waals surface area contributed by atoms with Gasteiger partial charge in [-0.1, -0.05) is 36.4 Å². The van der Waals surface area contributed by atoms with Crippen molar-refractivity contribution in [1.29, 1.82) is 0 Å². The van der Waals surface area contributed by atoms with Gasteiger partial charge in [-0.05, 0) is 25.8 Å². The number of aliphatic hydroxyl groups is 1. The van der Waals surface area contributed by atoms with Crippen LogP contribution in [0.4, 0.5) is 5.82 Å². The lowest BCUT2D eigenvalue weighted by Gasteiger charge is -2.48. The number of aliphatic hydroxyl groups excluding tert-OH is 1. The monoisotopic (exact) mass is 512 g/mol. The number of rotatable bonds is 5. The molecule has 4 aromatic rings. The van der Waals surface area contributed by atoms with E-state index in [0.717, 1.165) is 22.4 Å². The van der Waals surface area contributed by atoms with Crippen molar-refractivity contribution in [2.24, 2.45) is 0 Å². The number of aromatic nitrogens is 4. The Labute approximate surface area is 219 Å². The Bertz CT molecular complexity index is 1500. The lowest BCUT2D eigenvalue weighted by molar-refractivity contribution is -0.154. The third-order valence-electron chi connectivity index (χ3n) is 7.54. The van der Waals surface area contributed by atoms with Crippen molar-refractivity contribution < 1.29 is 19.4 Å². The first-order valence-electron chi connectivity index (χ1n) is 12.7. The molecule has 38 heavy (non-hydrogen) atoms. The second kappa shape index (κ2) is 9.62. The minimum Gasteiger partial charge on any atom is -0.387 e. The number of nitrogens with two attached hydrogens (primary N) is 1. The molecular formula is C28H28N6O4. The molecule has 2 fully saturated rings. The smallest absolute Gasteiger partial charge is 0.248 e. The summed E-state index contributed by atoms with van der Waals surface area (Å²) in [5, 5.41) is 13.9. The molecule has 5 heterocycles. The van der Waals surface area contributed by atoms with Crippen molar-refractivity contribution in [2.45, 2.75) is 37.8 Å². The molecule has 2 saturated heterocycles. The summed E-state index contributed by atoms with van der Waals surface area (Å²) in [4.78, 5) is 36.6. The van der Waals surface area contributed by atoms with E-state index in [2.05, 4.69) is 10.1 Å². The molecule has 0 aliphatic carbocycles. The quantitative estimate of drug-likeness (QED) is 0.390.